The summed E-state index contributed by atoms with van der Waals surface area (Å²) in [6.07, 6.45) is 3.95. The Morgan fingerprint density at radius 2 is 2.27 bits per heavy atom. The molecule has 3 nitrogen and oxygen atoms in total. The van der Waals surface area contributed by atoms with Gasteiger partial charge in [-0.1, -0.05) is 23.3 Å². The number of thiophene rings is 1. The normalized spacial score (nSPS) is 9.80. The molecule has 1 aromatic heterocycles. The summed E-state index contributed by atoms with van der Waals surface area (Å²) in [7, 11) is 0. The number of carbonyl (C=O) groups is 1. The van der Waals surface area contributed by atoms with Crippen LogP contribution in [0.2, 0.25) is 0 Å². The molecule has 0 aliphatic rings. The molecule has 0 saturated heterocycles. The number of rotatable bonds is 1. The van der Waals surface area contributed by atoms with E-state index in [4.69, 9.17) is 11.5 Å². The molecule has 0 bridgehead atoms. The highest BCUT2D eigenvalue weighted by molar-refractivity contribution is 7.20. The Bertz CT molecular complexity index is 563. The van der Waals surface area contributed by atoms with Crippen molar-refractivity contribution in [3.8, 4) is 17.4 Å². The van der Waals surface area contributed by atoms with E-state index >= 15 is 0 Å². The molecule has 0 atom stereocenters. The van der Waals surface area contributed by atoms with Crippen LogP contribution in [0.25, 0.3) is 10.1 Å². The van der Waals surface area contributed by atoms with E-state index in [0.29, 0.717) is 5.06 Å². The standard InChI is InChI=1S/C11H6O3S/c1-2-7-3-4-8-6-10(14-11(12)13)15-9(8)5-7/h1,3-6H,(H,12,13). The molecule has 0 radical (unpaired) electrons. The summed E-state index contributed by atoms with van der Waals surface area (Å²) in [5, 5.41) is 9.72. The summed E-state index contributed by atoms with van der Waals surface area (Å²) in [4.78, 5) is 10.3. The lowest BCUT2D eigenvalue weighted by atomic mass is 10.2. The molecule has 4 heteroatoms. The van der Waals surface area contributed by atoms with Crippen molar-refractivity contribution in [2.45, 2.75) is 0 Å². The molecule has 0 aliphatic carbocycles. The van der Waals surface area contributed by atoms with Crippen molar-refractivity contribution in [1.82, 2.24) is 0 Å². The zero-order valence-electron chi connectivity index (χ0n) is 7.56. The molecule has 2 aromatic rings. The molecule has 15 heavy (non-hydrogen) atoms. The highest BCUT2D eigenvalue weighted by Crippen LogP contribution is 2.32. The Morgan fingerprint density at radius 3 is 2.93 bits per heavy atom. The molecule has 1 aromatic carbocycles. The molecule has 1 heterocycles. The third-order valence-electron chi connectivity index (χ3n) is 1.85. The van der Waals surface area contributed by atoms with E-state index in [1.165, 1.54) is 11.3 Å². The molecule has 0 fully saturated rings. The minimum absolute atomic E-state index is 0.353. The van der Waals surface area contributed by atoms with Crippen molar-refractivity contribution in [1.29, 1.82) is 0 Å². The molecule has 0 spiro atoms. The second-order valence-corrected chi connectivity index (χ2v) is 3.88. The van der Waals surface area contributed by atoms with Gasteiger partial charge in [-0.25, -0.2) is 4.79 Å². The Kier molecular flexibility index (Phi) is 2.32. The first-order valence-corrected chi connectivity index (χ1v) is 4.91. The summed E-state index contributed by atoms with van der Waals surface area (Å²) in [5.41, 5.74) is 0.770. The van der Waals surface area contributed by atoms with E-state index in [0.717, 1.165) is 15.6 Å². The lowest BCUT2D eigenvalue weighted by Gasteiger charge is -1.90. The summed E-state index contributed by atoms with van der Waals surface area (Å²) in [6.45, 7) is 0. The van der Waals surface area contributed by atoms with Gasteiger partial charge in [-0.2, -0.15) is 0 Å². The average Bonchev–Trinajstić information content (AvgIpc) is 2.57. The van der Waals surface area contributed by atoms with E-state index < -0.39 is 6.16 Å². The van der Waals surface area contributed by atoms with E-state index in [-0.39, 0.29) is 0 Å². The van der Waals surface area contributed by atoms with Gasteiger partial charge in [0.25, 0.3) is 0 Å². The van der Waals surface area contributed by atoms with Crippen molar-refractivity contribution >= 4 is 27.6 Å². The quantitative estimate of drug-likeness (QED) is 0.591. The van der Waals surface area contributed by atoms with E-state index in [1.807, 2.05) is 12.1 Å². The van der Waals surface area contributed by atoms with Gasteiger partial charge in [0.1, 0.15) is 0 Å². The number of hydrogen-bond acceptors (Lipinski definition) is 3. The van der Waals surface area contributed by atoms with Crippen LogP contribution in [0.1, 0.15) is 5.56 Å². The Balaban J connectivity index is 2.47. The van der Waals surface area contributed by atoms with Crippen LogP contribution in [-0.4, -0.2) is 11.3 Å². The first-order chi connectivity index (χ1) is 7.19. The summed E-state index contributed by atoms with van der Waals surface area (Å²) in [5.74, 6) is 2.52. The first-order valence-electron chi connectivity index (χ1n) is 4.10. The van der Waals surface area contributed by atoms with Crippen LogP contribution in [0, 0.1) is 12.3 Å². The van der Waals surface area contributed by atoms with Crippen LogP contribution in [0.5, 0.6) is 5.06 Å². The van der Waals surface area contributed by atoms with Crippen LogP contribution >= 0.6 is 11.3 Å². The largest absolute Gasteiger partial charge is 0.512 e. The van der Waals surface area contributed by atoms with Crippen LogP contribution in [0.15, 0.2) is 24.3 Å². The van der Waals surface area contributed by atoms with Crippen molar-refractivity contribution in [3.05, 3.63) is 29.8 Å². The second-order valence-electron chi connectivity index (χ2n) is 2.83. The van der Waals surface area contributed by atoms with Gasteiger partial charge in [0.05, 0.1) is 0 Å². The number of ether oxygens (including phenoxy) is 1. The van der Waals surface area contributed by atoms with Crippen molar-refractivity contribution in [2.24, 2.45) is 0 Å². The molecule has 0 saturated carbocycles. The topological polar surface area (TPSA) is 46.5 Å². The molecule has 0 amide bonds. The summed E-state index contributed by atoms with van der Waals surface area (Å²) >= 11 is 1.26. The minimum atomic E-state index is -1.31. The highest BCUT2D eigenvalue weighted by atomic mass is 32.1. The SMILES string of the molecule is C#Cc1ccc2cc(OC(=O)O)sc2c1. The molecular weight excluding hydrogens is 212 g/mol. The zero-order valence-corrected chi connectivity index (χ0v) is 8.38. The van der Waals surface area contributed by atoms with Crippen molar-refractivity contribution in [2.75, 3.05) is 0 Å². The molecule has 1 N–H and O–H groups in total. The first kappa shape index (κ1) is 9.56. The van der Waals surface area contributed by atoms with E-state index in [2.05, 4.69) is 10.7 Å². The molecule has 0 unspecified atom stereocenters. The van der Waals surface area contributed by atoms with Gasteiger partial charge in [0, 0.05) is 16.3 Å². The minimum Gasteiger partial charge on any atom is -0.449 e. The molecule has 0 aliphatic heterocycles. The predicted molar refractivity (Wildman–Crippen MR) is 58.4 cm³/mol. The average molecular weight is 218 g/mol. The number of terminal acetylenes is 1. The highest BCUT2D eigenvalue weighted by Gasteiger charge is 2.06. The fraction of sp³-hybridized carbons (Fsp3) is 0. The second kappa shape index (κ2) is 3.64. The maximum atomic E-state index is 10.3. The summed E-state index contributed by atoms with van der Waals surface area (Å²) in [6, 6.07) is 7.15. The van der Waals surface area contributed by atoms with Crippen LogP contribution in [0.4, 0.5) is 4.79 Å². The predicted octanol–water partition coefficient (Wildman–Crippen LogP) is 2.94. The fourth-order valence-corrected chi connectivity index (χ4v) is 2.18. The maximum absolute atomic E-state index is 10.3. The zero-order chi connectivity index (χ0) is 10.8. The van der Waals surface area contributed by atoms with E-state index in [1.54, 1.807) is 12.1 Å². The number of carboxylic acid groups (broad SMARTS) is 1. The third kappa shape index (κ3) is 1.92. The molecular formula is C11H6O3S. The van der Waals surface area contributed by atoms with Gasteiger partial charge in [-0.15, -0.1) is 6.42 Å². The maximum Gasteiger partial charge on any atom is 0.512 e. The molecule has 2 rings (SSSR count). The lowest BCUT2D eigenvalue weighted by molar-refractivity contribution is 0.146. The summed E-state index contributed by atoms with van der Waals surface area (Å²) < 4.78 is 5.47. The smallest absolute Gasteiger partial charge is 0.449 e. The van der Waals surface area contributed by atoms with Gasteiger partial charge in [0.15, 0.2) is 5.06 Å². The number of hydrogen-bond donors (Lipinski definition) is 1. The fourth-order valence-electron chi connectivity index (χ4n) is 1.23. The van der Waals surface area contributed by atoms with Gasteiger partial charge in [0.2, 0.25) is 0 Å². The number of fused-ring (bicyclic) bond motifs is 1. The van der Waals surface area contributed by atoms with Gasteiger partial charge >= 0.3 is 6.16 Å². The van der Waals surface area contributed by atoms with Crippen LogP contribution < -0.4 is 4.74 Å². The Hall–Kier alpha value is -1.99. The number of benzene rings is 1. The molecule has 74 valence electrons. The van der Waals surface area contributed by atoms with Crippen LogP contribution in [0.3, 0.4) is 0 Å². The third-order valence-corrected chi connectivity index (χ3v) is 2.83. The van der Waals surface area contributed by atoms with Gasteiger partial charge in [-0.3, -0.25) is 0 Å². The van der Waals surface area contributed by atoms with Gasteiger partial charge in [-0.05, 0) is 17.5 Å². The van der Waals surface area contributed by atoms with E-state index in [9.17, 15) is 4.79 Å². The van der Waals surface area contributed by atoms with Gasteiger partial charge < -0.3 is 9.84 Å². The monoisotopic (exact) mass is 218 g/mol. The van der Waals surface area contributed by atoms with Crippen molar-refractivity contribution < 1.29 is 14.6 Å². The Morgan fingerprint density at radius 1 is 1.47 bits per heavy atom. The lowest BCUT2D eigenvalue weighted by Crippen LogP contribution is -2.00. The van der Waals surface area contributed by atoms with Crippen molar-refractivity contribution in [3.63, 3.8) is 0 Å². The van der Waals surface area contributed by atoms with Crippen LogP contribution in [-0.2, 0) is 0 Å². The Labute approximate surface area is 89.9 Å².